The Morgan fingerprint density at radius 3 is 2.68 bits per heavy atom. The standard InChI is InChI=1S/C16H21N3/c1-4-8-17-11-15-10-13(3)18-16(19-15)14-7-5-6-12(2)9-14/h5-7,9-10,17H,4,8,11H2,1-3H3. The molecule has 2 aromatic rings. The van der Waals surface area contributed by atoms with Gasteiger partial charge >= 0.3 is 0 Å². The summed E-state index contributed by atoms with van der Waals surface area (Å²) in [5.41, 5.74) is 4.38. The maximum atomic E-state index is 4.64. The molecule has 3 heteroatoms. The van der Waals surface area contributed by atoms with Gasteiger partial charge in [-0.25, -0.2) is 9.97 Å². The number of hydrogen-bond donors (Lipinski definition) is 1. The molecular formula is C16H21N3. The molecule has 0 radical (unpaired) electrons. The molecule has 19 heavy (non-hydrogen) atoms. The van der Waals surface area contributed by atoms with E-state index in [-0.39, 0.29) is 0 Å². The molecule has 100 valence electrons. The molecule has 1 heterocycles. The fourth-order valence-electron chi connectivity index (χ4n) is 2.03. The smallest absolute Gasteiger partial charge is 0.159 e. The van der Waals surface area contributed by atoms with Crippen LogP contribution in [-0.2, 0) is 6.54 Å². The van der Waals surface area contributed by atoms with E-state index >= 15 is 0 Å². The Morgan fingerprint density at radius 2 is 1.95 bits per heavy atom. The summed E-state index contributed by atoms with van der Waals surface area (Å²) in [5.74, 6) is 0.817. The minimum absolute atomic E-state index is 0.802. The van der Waals surface area contributed by atoms with Crippen molar-refractivity contribution < 1.29 is 0 Å². The van der Waals surface area contributed by atoms with E-state index in [1.807, 2.05) is 19.1 Å². The first-order valence-electron chi connectivity index (χ1n) is 6.81. The van der Waals surface area contributed by atoms with Crippen molar-refractivity contribution in [3.05, 3.63) is 47.3 Å². The van der Waals surface area contributed by atoms with E-state index in [0.29, 0.717) is 0 Å². The van der Waals surface area contributed by atoms with E-state index in [0.717, 1.165) is 42.3 Å². The fourth-order valence-corrected chi connectivity index (χ4v) is 2.03. The van der Waals surface area contributed by atoms with Crippen molar-refractivity contribution in [2.45, 2.75) is 33.7 Å². The molecule has 1 aromatic carbocycles. The van der Waals surface area contributed by atoms with Gasteiger partial charge in [0, 0.05) is 17.8 Å². The molecule has 0 saturated carbocycles. The zero-order valence-electron chi connectivity index (χ0n) is 11.9. The van der Waals surface area contributed by atoms with Crippen molar-refractivity contribution in [3.63, 3.8) is 0 Å². The van der Waals surface area contributed by atoms with Crippen molar-refractivity contribution in [1.82, 2.24) is 15.3 Å². The molecule has 0 unspecified atom stereocenters. The zero-order chi connectivity index (χ0) is 13.7. The van der Waals surface area contributed by atoms with Gasteiger partial charge in [0.25, 0.3) is 0 Å². The van der Waals surface area contributed by atoms with E-state index in [1.165, 1.54) is 5.56 Å². The monoisotopic (exact) mass is 255 g/mol. The van der Waals surface area contributed by atoms with E-state index < -0.39 is 0 Å². The summed E-state index contributed by atoms with van der Waals surface area (Å²) < 4.78 is 0. The van der Waals surface area contributed by atoms with Crippen LogP contribution in [0.4, 0.5) is 0 Å². The Balaban J connectivity index is 2.26. The number of nitrogens with one attached hydrogen (secondary N) is 1. The van der Waals surface area contributed by atoms with Crippen LogP contribution in [0.5, 0.6) is 0 Å². The lowest BCUT2D eigenvalue weighted by Gasteiger charge is -2.07. The number of rotatable bonds is 5. The maximum Gasteiger partial charge on any atom is 0.159 e. The van der Waals surface area contributed by atoms with Crippen LogP contribution in [0.2, 0.25) is 0 Å². The third-order valence-corrected chi connectivity index (χ3v) is 2.92. The molecule has 1 N–H and O–H groups in total. The highest BCUT2D eigenvalue weighted by Crippen LogP contribution is 2.17. The van der Waals surface area contributed by atoms with Crippen LogP contribution in [0.25, 0.3) is 11.4 Å². The van der Waals surface area contributed by atoms with Gasteiger partial charge in [0.15, 0.2) is 5.82 Å². The van der Waals surface area contributed by atoms with E-state index in [4.69, 9.17) is 0 Å². The SMILES string of the molecule is CCCNCc1cc(C)nc(-c2cccc(C)c2)n1. The van der Waals surface area contributed by atoms with E-state index in [1.54, 1.807) is 0 Å². The van der Waals surface area contributed by atoms with Crippen molar-refractivity contribution >= 4 is 0 Å². The van der Waals surface area contributed by atoms with Crippen LogP contribution < -0.4 is 5.32 Å². The molecular weight excluding hydrogens is 234 g/mol. The lowest BCUT2D eigenvalue weighted by Crippen LogP contribution is -2.15. The topological polar surface area (TPSA) is 37.8 Å². The predicted molar refractivity (Wildman–Crippen MR) is 78.9 cm³/mol. The van der Waals surface area contributed by atoms with Gasteiger partial charge in [-0.1, -0.05) is 30.7 Å². The number of hydrogen-bond acceptors (Lipinski definition) is 3. The van der Waals surface area contributed by atoms with Crippen molar-refractivity contribution in [2.24, 2.45) is 0 Å². The number of aromatic nitrogens is 2. The first-order valence-corrected chi connectivity index (χ1v) is 6.81. The van der Waals surface area contributed by atoms with Crippen LogP contribution in [0.15, 0.2) is 30.3 Å². The van der Waals surface area contributed by atoms with Gasteiger partial charge in [0.2, 0.25) is 0 Å². The van der Waals surface area contributed by atoms with Crippen LogP contribution in [-0.4, -0.2) is 16.5 Å². The number of benzene rings is 1. The molecule has 0 aliphatic rings. The maximum absolute atomic E-state index is 4.64. The summed E-state index contributed by atoms with van der Waals surface area (Å²) in [6, 6.07) is 10.4. The molecule has 3 nitrogen and oxygen atoms in total. The quantitative estimate of drug-likeness (QED) is 0.833. The first-order chi connectivity index (χ1) is 9.19. The Kier molecular flexibility index (Phi) is 4.63. The van der Waals surface area contributed by atoms with Crippen molar-refractivity contribution in [1.29, 1.82) is 0 Å². The van der Waals surface area contributed by atoms with E-state index in [2.05, 4.69) is 47.3 Å². The largest absolute Gasteiger partial charge is 0.311 e. The summed E-state index contributed by atoms with van der Waals surface area (Å²) in [6.45, 7) is 8.09. The highest BCUT2D eigenvalue weighted by atomic mass is 14.9. The third kappa shape index (κ3) is 3.86. The molecule has 2 rings (SSSR count). The molecule has 0 amide bonds. The lowest BCUT2D eigenvalue weighted by atomic mass is 10.1. The average Bonchev–Trinajstić information content (AvgIpc) is 2.38. The van der Waals surface area contributed by atoms with E-state index in [9.17, 15) is 0 Å². The second-order valence-electron chi connectivity index (χ2n) is 4.87. The second kappa shape index (κ2) is 6.43. The predicted octanol–water partition coefficient (Wildman–Crippen LogP) is 3.26. The number of aryl methyl sites for hydroxylation is 2. The van der Waals surface area contributed by atoms with Crippen LogP contribution in [0.3, 0.4) is 0 Å². The lowest BCUT2D eigenvalue weighted by molar-refractivity contribution is 0.662. The summed E-state index contributed by atoms with van der Waals surface area (Å²) in [4.78, 5) is 9.18. The Labute approximate surface area is 115 Å². The zero-order valence-corrected chi connectivity index (χ0v) is 11.9. The Bertz CT molecular complexity index is 549. The van der Waals surface area contributed by atoms with Crippen LogP contribution in [0.1, 0.15) is 30.3 Å². The first kappa shape index (κ1) is 13.7. The van der Waals surface area contributed by atoms with Gasteiger partial charge < -0.3 is 5.32 Å². The minimum Gasteiger partial charge on any atom is -0.311 e. The van der Waals surface area contributed by atoms with Crippen molar-refractivity contribution in [3.8, 4) is 11.4 Å². The molecule has 0 fully saturated rings. The van der Waals surface area contributed by atoms with Crippen LogP contribution >= 0.6 is 0 Å². The summed E-state index contributed by atoms with van der Waals surface area (Å²) in [5, 5.41) is 3.38. The summed E-state index contributed by atoms with van der Waals surface area (Å²) >= 11 is 0. The molecule has 0 bridgehead atoms. The molecule has 0 aliphatic carbocycles. The average molecular weight is 255 g/mol. The van der Waals surface area contributed by atoms with Gasteiger partial charge in [-0.05, 0) is 38.9 Å². The second-order valence-corrected chi connectivity index (χ2v) is 4.87. The molecule has 0 saturated heterocycles. The van der Waals surface area contributed by atoms with Gasteiger partial charge in [-0.2, -0.15) is 0 Å². The molecule has 0 spiro atoms. The van der Waals surface area contributed by atoms with Gasteiger partial charge in [0.05, 0.1) is 5.69 Å². The summed E-state index contributed by atoms with van der Waals surface area (Å²) in [7, 11) is 0. The highest BCUT2D eigenvalue weighted by Gasteiger charge is 2.05. The Hall–Kier alpha value is -1.74. The molecule has 0 aliphatic heterocycles. The van der Waals surface area contributed by atoms with Gasteiger partial charge in [-0.3, -0.25) is 0 Å². The van der Waals surface area contributed by atoms with Crippen molar-refractivity contribution in [2.75, 3.05) is 6.54 Å². The number of nitrogens with zero attached hydrogens (tertiary/aromatic N) is 2. The van der Waals surface area contributed by atoms with Gasteiger partial charge in [0.1, 0.15) is 0 Å². The Morgan fingerprint density at radius 1 is 1.11 bits per heavy atom. The summed E-state index contributed by atoms with van der Waals surface area (Å²) in [6.07, 6.45) is 1.13. The van der Waals surface area contributed by atoms with Crippen LogP contribution in [0, 0.1) is 13.8 Å². The normalized spacial score (nSPS) is 10.7. The third-order valence-electron chi connectivity index (χ3n) is 2.92. The molecule has 0 atom stereocenters. The highest BCUT2D eigenvalue weighted by molar-refractivity contribution is 5.56. The minimum atomic E-state index is 0.802. The fraction of sp³-hybridized carbons (Fsp3) is 0.375. The molecule has 1 aromatic heterocycles. The van der Waals surface area contributed by atoms with Gasteiger partial charge in [-0.15, -0.1) is 0 Å².